The molecule has 0 radical (unpaired) electrons. The molecule has 2 aromatic carbocycles. The first-order valence-electron chi connectivity index (χ1n) is 7.75. The minimum atomic E-state index is 0.0650. The molecule has 2 aromatic rings. The molecule has 2 heteroatoms. The zero-order chi connectivity index (χ0) is 15.0. The average Bonchev–Trinajstić information content (AvgIpc) is 2.92. The van der Waals surface area contributed by atoms with Crippen molar-refractivity contribution in [1.82, 2.24) is 5.43 Å². The Bertz CT molecular complexity index is 674. The molecule has 1 atom stereocenters. The van der Waals surface area contributed by atoms with Gasteiger partial charge in [0.25, 0.3) is 0 Å². The van der Waals surface area contributed by atoms with E-state index in [4.69, 9.17) is 5.84 Å². The maximum absolute atomic E-state index is 5.89. The monoisotopic (exact) mass is 280 g/mol. The minimum Gasteiger partial charge on any atom is -0.271 e. The van der Waals surface area contributed by atoms with Crippen LogP contribution in [0.1, 0.15) is 51.4 Å². The quantitative estimate of drug-likeness (QED) is 0.665. The van der Waals surface area contributed by atoms with Gasteiger partial charge in [-0.1, -0.05) is 30.3 Å². The van der Waals surface area contributed by atoms with Crippen molar-refractivity contribution < 1.29 is 0 Å². The highest BCUT2D eigenvalue weighted by atomic mass is 15.2. The van der Waals surface area contributed by atoms with Crippen molar-refractivity contribution in [2.45, 2.75) is 46.1 Å². The summed E-state index contributed by atoms with van der Waals surface area (Å²) in [5, 5.41) is 0. The molecule has 0 saturated heterocycles. The molecule has 110 valence electrons. The van der Waals surface area contributed by atoms with Gasteiger partial charge < -0.3 is 0 Å². The SMILES string of the molecule is Cc1cc(C)c(C(NN)c2ccc3c(c2)CCC3)cc1C. The van der Waals surface area contributed by atoms with Crippen LogP contribution in [0.2, 0.25) is 0 Å². The molecule has 0 saturated carbocycles. The van der Waals surface area contributed by atoms with Crippen molar-refractivity contribution in [3.8, 4) is 0 Å². The molecule has 1 aliphatic rings. The summed E-state index contributed by atoms with van der Waals surface area (Å²) in [5.41, 5.74) is 12.5. The Morgan fingerprint density at radius 1 is 0.905 bits per heavy atom. The fourth-order valence-electron chi connectivity index (χ4n) is 3.43. The summed E-state index contributed by atoms with van der Waals surface area (Å²) in [7, 11) is 0. The van der Waals surface area contributed by atoms with Gasteiger partial charge in [-0.3, -0.25) is 5.84 Å². The van der Waals surface area contributed by atoms with E-state index in [-0.39, 0.29) is 6.04 Å². The number of rotatable bonds is 3. The lowest BCUT2D eigenvalue weighted by Gasteiger charge is -2.21. The standard InChI is InChI=1S/C19H24N2/c1-12-9-14(3)18(10-13(12)2)19(21-20)17-8-7-15-5-4-6-16(15)11-17/h7-11,19,21H,4-6,20H2,1-3H3. The topological polar surface area (TPSA) is 38.0 Å². The molecule has 2 nitrogen and oxygen atoms in total. The lowest BCUT2D eigenvalue weighted by Crippen LogP contribution is -2.29. The van der Waals surface area contributed by atoms with Crippen molar-refractivity contribution >= 4 is 0 Å². The molecule has 21 heavy (non-hydrogen) atoms. The molecule has 3 N–H and O–H groups in total. The van der Waals surface area contributed by atoms with Crippen LogP contribution in [0.3, 0.4) is 0 Å². The summed E-state index contributed by atoms with van der Waals surface area (Å²) in [6.45, 7) is 6.49. The Morgan fingerprint density at radius 2 is 1.62 bits per heavy atom. The van der Waals surface area contributed by atoms with Gasteiger partial charge in [-0.15, -0.1) is 0 Å². The Balaban J connectivity index is 2.04. The number of benzene rings is 2. The van der Waals surface area contributed by atoms with Crippen LogP contribution in [-0.4, -0.2) is 0 Å². The lowest BCUT2D eigenvalue weighted by molar-refractivity contribution is 0.632. The first-order valence-corrected chi connectivity index (χ1v) is 7.75. The molecule has 0 fully saturated rings. The van der Waals surface area contributed by atoms with Crippen LogP contribution in [0, 0.1) is 20.8 Å². The molecule has 3 rings (SSSR count). The first-order chi connectivity index (χ1) is 10.1. The molecule has 1 unspecified atom stereocenters. The molecule has 0 aromatic heterocycles. The maximum atomic E-state index is 5.89. The van der Waals surface area contributed by atoms with Gasteiger partial charge in [-0.25, -0.2) is 5.43 Å². The van der Waals surface area contributed by atoms with E-state index in [1.54, 1.807) is 0 Å². The van der Waals surface area contributed by atoms with Crippen molar-refractivity contribution in [2.75, 3.05) is 0 Å². The zero-order valence-electron chi connectivity index (χ0n) is 13.2. The summed E-state index contributed by atoms with van der Waals surface area (Å²) in [5.74, 6) is 5.89. The molecular formula is C19H24N2. The zero-order valence-corrected chi connectivity index (χ0v) is 13.2. The van der Waals surface area contributed by atoms with Gasteiger partial charge in [-0.05, 0) is 79.0 Å². The van der Waals surface area contributed by atoms with Crippen LogP contribution >= 0.6 is 0 Å². The van der Waals surface area contributed by atoms with E-state index in [1.165, 1.54) is 58.2 Å². The van der Waals surface area contributed by atoms with Crippen LogP contribution < -0.4 is 11.3 Å². The third-order valence-electron chi connectivity index (χ3n) is 4.82. The van der Waals surface area contributed by atoms with Gasteiger partial charge >= 0.3 is 0 Å². The molecule has 0 bridgehead atoms. The van der Waals surface area contributed by atoms with Crippen LogP contribution in [0.25, 0.3) is 0 Å². The summed E-state index contributed by atoms with van der Waals surface area (Å²) in [4.78, 5) is 0. The van der Waals surface area contributed by atoms with Crippen molar-refractivity contribution in [3.05, 3.63) is 69.3 Å². The normalized spacial score (nSPS) is 15.0. The van der Waals surface area contributed by atoms with E-state index in [1.807, 2.05) is 0 Å². The Labute approximate surface area is 127 Å². The van der Waals surface area contributed by atoms with E-state index in [0.29, 0.717) is 0 Å². The largest absolute Gasteiger partial charge is 0.271 e. The second-order valence-electron chi connectivity index (χ2n) is 6.27. The number of nitrogens with two attached hydrogens (primary N) is 1. The van der Waals surface area contributed by atoms with Crippen LogP contribution in [0.15, 0.2) is 30.3 Å². The smallest absolute Gasteiger partial charge is 0.0712 e. The lowest BCUT2D eigenvalue weighted by atomic mass is 9.91. The van der Waals surface area contributed by atoms with E-state index in [0.717, 1.165) is 0 Å². The van der Waals surface area contributed by atoms with E-state index in [2.05, 4.69) is 56.5 Å². The Hall–Kier alpha value is -1.64. The summed E-state index contributed by atoms with van der Waals surface area (Å²) >= 11 is 0. The summed E-state index contributed by atoms with van der Waals surface area (Å²) < 4.78 is 0. The van der Waals surface area contributed by atoms with Crippen molar-refractivity contribution in [3.63, 3.8) is 0 Å². The fraction of sp³-hybridized carbons (Fsp3) is 0.368. The van der Waals surface area contributed by atoms with E-state index < -0.39 is 0 Å². The number of hydrazine groups is 1. The minimum absolute atomic E-state index is 0.0650. The van der Waals surface area contributed by atoms with Gasteiger partial charge in [-0.2, -0.15) is 0 Å². The number of aryl methyl sites for hydroxylation is 5. The maximum Gasteiger partial charge on any atom is 0.0712 e. The van der Waals surface area contributed by atoms with E-state index >= 15 is 0 Å². The predicted molar refractivity (Wildman–Crippen MR) is 88.3 cm³/mol. The number of hydrogen-bond donors (Lipinski definition) is 2. The van der Waals surface area contributed by atoms with Crippen LogP contribution in [0.4, 0.5) is 0 Å². The number of fused-ring (bicyclic) bond motifs is 1. The molecular weight excluding hydrogens is 256 g/mol. The van der Waals surface area contributed by atoms with Crippen molar-refractivity contribution in [2.24, 2.45) is 5.84 Å². The second kappa shape index (κ2) is 5.63. The third kappa shape index (κ3) is 2.61. The van der Waals surface area contributed by atoms with Crippen LogP contribution in [-0.2, 0) is 12.8 Å². The molecule has 0 aliphatic heterocycles. The number of hydrogen-bond acceptors (Lipinski definition) is 2. The van der Waals surface area contributed by atoms with Gasteiger partial charge in [0.05, 0.1) is 6.04 Å². The summed E-state index contributed by atoms with van der Waals surface area (Å²) in [6.07, 6.45) is 3.70. The molecule has 0 heterocycles. The fourth-order valence-corrected chi connectivity index (χ4v) is 3.43. The third-order valence-corrected chi connectivity index (χ3v) is 4.82. The summed E-state index contributed by atoms with van der Waals surface area (Å²) in [6, 6.07) is 11.4. The molecule has 1 aliphatic carbocycles. The molecule has 0 amide bonds. The number of nitrogens with one attached hydrogen (secondary N) is 1. The van der Waals surface area contributed by atoms with E-state index in [9.17, 15) is 0 Å². The van der Waals surface area contributed by atoms with Gasteiger partial charge in [0.15, 0.2) is 0 Å². The van der Waals surface area contributed by atoms with Gasteiger partial charge in [0.1, 0.15) is 0 Å². The first kappa shape index (κ1) is 14.3. The Morgan fingerprint density at radius 3 is 2.38 bits per heavy atom. The van der Waals surface area contributed by atoms with Crippen molar-refractivity contribution in [1.29, 1.82) is 0 Å². The average molecular weight is 280 g/mol. The van der Waals surface area contributed by atoms with Gasteiger partial charge in [0.2, 0.25) is 0 Å². The predicted octanol–water partition coefficient (Wildman–Crippen LogP) is 3.65. The Kier molecular flexibility index (Phi) is 3.83. The van der Waals surface area contributed by atoms with Crippen LogP contribution in [0.5, 0.6) is 0 Å². The second-order valence-corrected chi connectivity index (χ2v) is 6.27. The highest BCUT2D eigenvalue weighted by Crippen LogP contribution is 2.30. The highest BCUT2D eigenvalue weighted by Gasteiger charge is 2.18. The highest BCUT2D eigenvalue weighted by molar-refractivity contribution is 5.45. The van der Waals surface area contributed by atoms with Gasteiger partial charge in [0, 0.05) is 0 Å². The molecule has 0 spiro atoms.